The van der Waals surface area contributed by atoms with Crippen molar-refractivity contribution in [2.24, 2.45) is 0 Å². The molecule has 0 radical (unpaired) electrons. The van der Waals surface area contributed by atoms with Crippen molar-refractivity contribution < 1.29 is 24.2 Å². The fourth-order valence-electron chi connectivity index (χ4n) is 2.91. The molecule has 0 saturated heterocycles. The van der Waals surface area contributed by atoms with Crippen molar-refractivity contribution in [2.75, 3.05) is 13.2 Å². The van der Waals surface area contributed by atoms with Gasteiger partial charge >= 0.3 is 11.9 Å². The molecule has 0 aliphatic rings. The summed E-state index contributed by atoms with van der Waals surface area (Å²) in [6.45, 7) is 9.00. The molecule has 1 heterocycles. The highest BCUT2D eigenvalue weighted by atomic mass is 16.5. The largest absolute Gasteiger partial charge is 0.508 e. The van der Waals surface area contributed by atoms with Crippen molar-refractivity contribution in [2.45, 2.75) is 40.0 Å². The number of esters is 2. The van der Waals surface area contributed by atoms with E-state index in [2.05, 4.69) is 4.98 Å². The van der Waals surface area contributed by atoms with Crippen LogP contribution in [0.5, 0.6) is 5.75 Å². The van der Waals surface area contributed by atoms with Gasteiger partial charge in [-0.15, -0.1) is 0 Å². The predicted molar refractivity (Wildman–Crippen MR) is 90.3 cm³/mol. The van der Waals surface area contributed by atoms with Crippen LogP contribution >= 0.6 is 0 Å². The number of phenolic OH excluding ortho intramolecular Hbond substituents is 1. The first kappa shape index (κ1) is 17.8. The summed E-state index contributed by atoms with van der Waals surface area (Å²) in [5.41, 5.74) is 0.826. The highest BCUT2D eigenvalue weighted by Gasteiger charge is 2.37. The molecule has 0 fully saturated rings. The van der Waals surface area contributed by atoms with Crippen LogP contribution in [0.1, 0.15) is 49.3 Å². The second kappa shape index (κ2) is 6.55. The van der Waals surface area contributed by atoms with Gasteiger partial charge in [0.1, 0.15) is 5.75 Å². The van der Waals surface area contributed by atoms with Gasteiger partial charge in [0.25, 0.3) is 0 Å². The van der Waals surface area contributed by atoms with Crippen LogP contribution in [0.3, 0.4) is 0 Å². The molecule has 2 rings (SSSR count). The second-order valence-electron chi connectivity index (χ2n) is 6.07. The highest BCUT2D eigenvalue weighted by molar-refractivity contribution is 6.09. The number of phenols is 1. The number of carbonyl (C=O) groups is 2. The third-order valence-corrected chi connectivity index (χ3v) is 4.02. The topological polar surface area (TPSA) is 88.6 Å². The number of carbonyl (C=O) groups excluding carboxylic acids is 2. The van der Waals surface area contributed by atoms with Crippen LogP contribution in [0.15, 0.2) is 12.1 Å². The Labute approximate surface area is 140 Å². The maximum Gasteiger partial charge on any atom is 0.340 e. The number of benzene rings is 1. The number of fused-ring (bicyclic) bond motifs is 1. The third-order valence-electron chi connectivity index (χ3n) is 4.02. The molecule has 0 aliphatic carbocycles. The molecule has 6 nitrogen and oxygen atoms in total. The monoisotopic (exact) mass is 333 g/mol. The van der Waals surface area contributed by atoms with Crippen molar-refractivity contribution in [1.29, 1.82) is 0 Å². The summed E-state index contributed by atoms with van der Waals surface area (Å²) < 4.78 is 10.3. The Balaban J connectivity index is 2.80. The molecule has 0 bridgehead atoms. The molecular weight excluding hydrogens is 310 g/mol. The maximum absolute atomic E-state index is 12.4. The van der Waals surface area contributed by atoms with E-state index >= 15 is 0 Å². The number of hydrogen-bond acceptors (Lipinski definition) is 5. The highest BCUT2D eigenvalue weighted by Crippen LogP contribution is 2.40. The minimum absolute atomic E-state index is 0.0647. The molecule has 0 spiro atoms. The Morgan fingerprint density at radius 2 is 1.79 bits per heavy atom. The zero-order valence-corrected chi connectivity index (χ0v) is 14.6. The van der Waals surface area contributed by atoms with Crippen molar-refractivity contribution >= 4 is 22.8 Å². The first-order valence-electron chi connectivity index (χ1n) is 7.94. The van der Waals surface area contributed by atoms with Crippen molar-refractivity contribution in [1.82, 2.24) is 4.98 Å². The summed E-state index contributed by atoms with van der Waals surface area (Å²) in [6, 6.07) is 3.18. The van der Waals surface area contributed by atoms with Crippen LogP contribution in [-0.4, -0.2) is 35.2 Å². The van der Waals surface area contributed by atoms with Gasteiger partial charge in [-0.1, -0.05) is 0 Å². The van der Waals surface area contributed by atoms with Crippen LogP contribution in [0.25, 0.3) is 10.9 Å². The number of nitrogens with one attached hydrogen (secondary N) is 1. The Hall–Kier alpha value is -2.50. The minimum atomic E-state index is -1.13. The summed E-state index contributed by atoms with van der Waals surface area (Å²) in [6.07, 6.45) is 0. The first-order valence-corrected chi connectivity index (χ1v) is 7.94. The number of hydrogen-bond donors (Lipinski definition) is 2. The van der Waals surface area contributed by atoms with Crippen molar-refractivity contribution in [3.05, 3.63) is 29.0 Å². The van der Waals surface area contributed by atoms with E-state index in [-0.39, 0.29) is 19.0 Å². The van der Waals surface area contributed by atoms with E-state index in [0.717, 1.165) is 0 Å². The van der Waals surface area contributed by atoms with E-state index in [1.54, 1.807) is 40.7 Å². The summed E-state index contributed by atoms with van der Waals surface area (Å²) >= 11 is 0. The lowest BCUT2D eigenvalue weighted by atomic mass is 9.81. The molecule has 6 heteroatoms. The molecule has 2 aromatic rings. The summed E-state index contributed by atoms with van der Waals surface area (Å²) in [7, 11) is 0. The Bertz CT molecular complexity index is 788. The van der Waals surface area contributed by atoms with Crippen LogP contribution in [0, 0.1) is 6.92 Å². The Morgan fingerprint density at radius 1 is 1.17 bits per heavy atom. The molecule has 0 amide bonds. The van der Waals surface area contributed by atoms with Crippen molar-refractivity contribution in [3.63, 3.8) is 0 Å². The van der Waals surface area contributed by atoms with Crippen LogP contribution in [0.4, 0.5) is 0 Å². The summed E-state index contributed by atoms with van der Waals surface area (Å²) in [5, 5.41) is 10.9. The van der Waals surface area contributed by atoms with Gasteiger partial charge < -0.3 is 19.6 Å². The Morgan fingerprint density at radius 3 is 2.38 bits per heavy atom. The van der Waals surface area contributed by atoms with Crippen LogP contribution in [-0.2, 0) is 19.7 Å². The SMILES string of the molecule is CCOC(=O)c1c(C)[nH]c2ccc(O)c(C(C)(C)C(=O)OCC)c12. The number of H-pyrrole nitrogens is 1. The lowest BCUT2D eigenvalue weighted by Gasteiger charge is -2.25. The molecule has 1 aromatic carbocycles. The normalized spacial score (nSPS) is 11.5. The number of aryl methyl sites for hydroxylation is 1. The molecule has 2 N–H and O–H groups in total. The van der Waals surface area contributed by atoms with E-state index in [4.69, 9.17) is 9.47 Å². The zero-order valence-electron chi connectivity index (χ0n) is 14.6. The fraction of sp³-hybridized carbons (Fsp3) is 0.444. The number of rotatable bonds is 5. The first-order chi connectivity index (χ1) is 11.3. The maximum atomic E-state index is 12.4. The van der Waals surface area contributed by atoms with Gasteiger partial charge in [-0.05, 0) is 46.8 Å². The number of ether oxygens (including phenoxy) is 2. The smallest absolute Gasteiger partial charge is 0.340 e. The van der Waals surface area contributed by atoms with Gasteiger partial charge in [-0.3, -0.25) is 4.79 Å². The summed E-state index contributed by atoms with van der Waals surface area (Å²) in [5.74, 6) is -1.03. The standard InChI is InChI=1S/C18H23NO5/c1-6-23-16(21)13-10(3)19-11-8-9-12(20)15(14(11)13)18(4,5)17(22)24-7-2/h8-9,19-20H,6-7H2,1-5H3. The molecule has 0 aliphatic heterocycles. The van der Waals surface area contributed by atoms with E-state index in [1.165, 1.54) is 6.07 Å². The third kappa shape index (κ3) is 2.84. The van der Waals surface area contributed by atoms with Gasteiger partial charge in [-0.2, -0.15) is 0 Å². The average molecular weight is 333 g/mol. The lowest BCUT2D eigenvalue weighted by Crippen LogP contribution is -2.31. The molecule has 130 valence electrons. The average Bonchev–Trinajstić information content (AvgIpc) is 2.83. The van der Waals surface area contributed by atoms with Gasteiger partial charge in [0, 0.05) is 22.2 Å². The predicted octanol–water partition coefficient (Wildman–Crippen LogP) is 3.20. The molecule has 24 heavy (non-hydrogen) atoms. The second-order valence-corrected chi connectivity index (χ2v) is 6.07. The molecule has 0 saturated carbocycles. The van der Waals surface area contributed by atoms with Gasteiger partial charge in [0.2, 0.25) is 0 Å². The van der Waals surface area contributed by atoms with Crippen LogP contribution in [0.2, 0.25) is 0 Å². The van der Waals surface area contributed by atoms with Gasteiger partial charge in [-0.25, -0.2) is 4.79 Å². The van der Waals surface area contributed by atoms with E-state index < -0.39 is 17.4 Å². The molecule has 0 atom stereocenters. The molecule has 0 unspecified atom stereocenters. The van der Waals surface area contributed by atoms with Crippen LogP contribution < -0.4 is 0 Å². The van der Waals surface area contributed by atoms with Gasteiger partial charge in [0.05, 0.1) is 24.2 Å². The quantitative estimate of drug-likeness (QED) is 0.820. The minimum Gasteiger partial charge on any atom is -0.508 e. The van der Waals surface area contributed by atoms with E-state index in [9.17, 15) is 14.7 Å². The summed E-state index contributed by atoms with van der Waals surface area (Å²) in [4.78, 5) is 27.9. The molecule has 1 aromatic heterocycles. The Kier molecular flexibility index (Phi) is 4.87. The lowest BCUT2D eigenvalue weighted by molar-refractivity contribution is -0.148. The number of aromatic amines is 1. The number of aromatic nitrogens is 1. The van der Waals surface area contributed by atoms with E-state index in [1.807, 2.05) is 0 Å². The van der Waals surface area contributed by atoms with Gasteiger partial charge in [0.15, 0.2) is 0 Å². The zero-order chi connectivity index (χ0) is 18.1. The van der Waals surface area contributed by atoms with E-state index in [0.29, 0.717) is 27.7 Å². The fourth-order valence-corrected chi connectivity index (χ4v) is 2.91. The molecular formula is C18H23NO5. The number of aromatic hydroxyl groups is 1. The van der Waals surface area contributed by atoms with Crippen molar-refractivity contribution in [3.8, 4) is 5.75 Å².